The van der Waals surface area contributed by atoms with Gasteiger partial charge in [-0.05, 0) is 38.0 Å². The lowest BCUT2D eigenvalue weighted by atomic mass is 9.90. The van der Waals surface area contributed by atoms with Crippen molar-refractivity contribution in [3.63, 3.8) is 0 Å². The first-order chi connectivity index (χ1) is 8.85. The van der Waals surface area contributed by atoms with E-state index in [-0.39, 0.29) is 12.5 Å². The van der Waals surface area contributed by atoms with Crippen molar-refractivity contribution in [2.75, 3.05) is 13.1 Å². The molecule has 1 amide bonds. The molecule has 1 aliphatic rings. The standard InChI is InChI=1S/C14H16BrNO3/c1-9-10(4-3-5-11(9)15)12(17)16-7-6-14(2,8-16)13(18)19/h3-5H,6-8H2,1-2H3,(H,18,19). The van der Waals surface area contributed by atoms with E-state index in [9.17, 15) is 14.7 Å². The molecule has 0 aromatic heterocycles. The van der Waals surface area contributed by atoms with Crippen LogP contribution in [-0.4, -0.2) is 35.0 Å². The smallest absolute Gasteiger partial charge is 0.311 e. The Morgan fingerprint density at radius 2 is 2.11 bits per heavy atom. The Bertz CT molecular complexity index is 543. The van der Waals surface area contributed by atoms with Gasteiger partial charge in [-0.25, -0.2) is 0 Å². The van der Waals surface area contributed by atoms with Crippen LogP contribution in [0.5, 0.6) is 0 Å². The molecule has 1 unspecified atom stereocenters. The van der Waals surface area contributed by atoms with Crippen molar-refractivity contribution < 1.29 is 14.7 Å². The molecule has 1 aromatic rings. The summed E-state index contributed by atoms with van der Waals surface area (Å²) in [4.78, 5) is 25.3. The number of aliphatic carboxylic acids is 1. The van der Waals surface area contributed by atoms with Gasteiger partial charge >= 0.3 is 5.97 Å². The molecule has 0 bridgehead atoms. The Morgan fingerprint density at radius 3 is 2.68 bits per heavy atom. The number of rotatable bonds is 2. The third-order valence-electron chi connectivity index (χ3n) is 3.77. The number of carboxylic acid groups (broad SMARTS) is 1. The minimum absolute atomic E-state index is 0.0937. The van der Waals surface area contributed by atoms with Crippen LogP contribution in [0.25, 0.3) is 0 Å². The van der Waals surface area contributed by atoms with E-state index in [1.54, 1.807) is 17.9 Å². The molecule has 1 saturated heterocycles. The highest BCUT2D eigenvalue weighted by Gasteiger charge is 2.42. The van der Waals surface area contributed by atoms with Crippen LogP contribution in [-0.2, 0) is 4.79 Å². The summed E-state index contributed by atoms with van der Waals surface area (Å²) >= 11 is 3.40. The number of carbonyl (C=O) groups is 2. The summed E-state index contributed by atoms with van der Waals surface area (Å²) in [6, 6.07) is 5.48. The number of hydrogen-bond acceptors (Lipinski definition) is 2. The number of carboxylic acids is 1. The Hall–Kier alpha value is -1.36. The summed E-state index contributed by atoms with van der Waals surface area (Å²) < 4.78 is 0.888. The predicted molar refractivity (Wildman–Crippen MR) is 75.1 cm³/mol. The van der Waals surface area contributed by atoms with Gasteiger partial charge in [-0.1, -0.05) is 22.0 Å². The van der Waals surface area contributed by atoms with Crippen molar-refractivity contribution in [1.82, 2.24) is 4.90 Å². The Kier molecular flexibility index (Phi) is 3.67. The van der Waals surface area contributed by atoms with Crippen LogP contribution in [0, 0.1) is 12.3 Å². The van der Waals surface area contributed by atoms with E-state index in [1.165, 1.54) is 0 Å². The van der Waals surface area contributed by atoms with E-state index in [2.05, 4.69) is 15.9 Å². The molecule has 102 valence electrons. The second-order valence-electron chi connectivity index (χ2n) is 5.25. The van der Waals surface area contributed by atoms with E-state index in [0.29, 0.717) is 18.5 Å². The fourth-order valence-electron chi connectivity index (χ4n) is 2.32. The SMILES string of the molecule is Cc1c(Br)cccc1C(=O)N1CCC(C)(C(=O)O)C1. The van der Waals surface area contributed by atoms with Crippen LogP contribution in [0.1, 0.15) is 29.3 Å². The van der Waals surface area contributed by atoms with Gasteiger partial charge in [0.25, 0.3) is 5.91 Å². The first-order valence-electron chi connectivity index (χ1n) is 6.13. The average molecular weight is 326 g/mol. The minimum Gasteiger partial charge on any atom is -0.481 e. The first-order valence-corrected chi connectivity index (χ1v) is 6.92. The van der Waals surface area contributed by atoms with E-state index in [4.69, 9.17) is 0 Å². The van der Waals surface area contributed by atoms with Crippen molar-refractivity contribution in [3.8, 4) is 0 Å². The van der Waals surface area contributed by atoms with Gasteiger partial charge in [0, 0.05) is 23.1 Å². The largest absolute Gasteiger partial charge is 0.481 e. The Labute approximate surface area is 120 Å². The number of carbonyl (C=O) groups excluding carboxylic acids is 1. The second kappa shape index (κ2) is 4.96. The molecule has 1 fully saturated rings. The van der Waals surface area contributed by atoms with Crippen molar-refractivity contribution in [1.29, 1.82) is 0 Å². The van der Waals surface area contributed by atoms with Gasteiger partial charge < -0.3 is 10.0 Å². The van der Waals surface area contributed by atoms with Gasteiger partial charge in [-0.15, -0.1) is 0 Å². The van der Waals surface area contributed by atoms with Crippen LogP contribution in [0.15, 0.2) is 22.7 Å². The van der Waals surface area contributed by atoms with E-state index >= 15 is 0 Å². The first kappa shape index (κ1) is 14.1. The molecule has 1 N–H and O–H groups in total. The van der Waals surface area contributed by atoms with Crippen LogP contribution in [0.2, 0.25) is 0 Å². The third kappa shape index (κ3) is 2.52. The van der Waals surface area contributed by atoms with E-state index in [1.807, 2.05) is 19.1 Å². The van der Waals surface area contributed by atoms with Gasteiger partial charge in [-0.3, -0.25) is 9.59 Å². The van der Waals surface area contributed by atoms with Gasteiger partial charge in [-0.2, -0.15) is 0 Å². The number of likely N-dealkylation sites (tertiary alicyclic amines) is 1. The molecule has 1 heterocycles. The van der Waals surface area contributed by atoms with Crippen molar-refractivity contribution in [3.05, 3.63) is 33.8 Å². The van der Waals surface area contributed by atoms with Gasteiger partial charge in [0.1, 0.15) is 0 Å². The van der Waals surface area contributed by atoms with Crippen molar-refractivity contribution in [2.45, 2.75) is 20.3 Å². The highest BCUT2D eigenvalue weighted by atomic mass is 79.9. The zero-order valence-corrected chi connectivity index (χ0v) is 12.5. The van der Waals surface area contributed by atoms with Crippen molar-refractivity contribution in [2.24, 2.45) is 5.41 Å². The lowest BCUT2D eigenvalue weighted by molar-refractivity contribution is -0.147. The molecule has 0 aliphatic carbocycles. The summed E-state index contributed by atoms with van der Waals surface area (Å²) in [6.07, 6.45) is 0.501. The lowest BCUT2D eigenvalue weighted by Crippen LogP contribution is -2.35. The van der Waals surface area contributed by atoms with Gasteiger partial charge in [0.2, 0.25) is 0 Å². The Balaban J connectivity index is 2.23. The summed E-state index contributed by atoms with van der Waals surface area (Å²) in [5, 5.41) is 9.20. The number of halogens is 1. The molecule has 0 spiro atoms. The number of benzene rings is 1. The molecule has 5 heteroatoms. The van der Waals surface area contributed by atoms with E-state index < -0.39 is 11.4 Å². The number of nitrogens with zero attached hydrogens (tertiary/aromatic N) is 1. The summed E-state index contributed by atoms with van der Waals surface area (Å²) in [7, 11) is 0. The lowest BCUT2D eigenvalue weighted by Gasteiger charge is -2.21. The molecule has 2 rings (SSSR count). The second-order valence-corrected chi connectivity index (χ2v) is 6.11. The van der Waals surface area contributed by atoms with Gasteiger partial charge in [0.05, 0.1) is 5.41 Å². The maximum atomic E-state index is 12.4. The predicted octanol–water partition coefficient (Wildman–Crippen LogP) is 2.69. The molecular formula is C14H16BrNO3. The van der Waals surface area contributed by atoms with Crippen LogP contribution in [0.4, 0.5) is 0 Å². The zero-order valence-electron chi connectivity index (χ0n) is 10.9. The van der Waals surface area contributed by atoms with Crippen molar-refractivity contribution >= 4 is 27.8 Å². The molecule has 1 atom stereocenters. The summed E-state index contributed by atoms with van der Waals surface area (Å²) in [5.74, 6) is -0.933. The molecule has 19 heavy (non-hydrogen) atoms. The summed E-state index contributed by atoms with van der Waals surface area (Å²) in [6.45, 7) is 4.33. The molecule has 4 nitrogen and oxygen atoms in total. The Morgan fingerprint density at radius 1 is 1.42 bits per heavy atom. The molecule has 1 aromatic carbocycles. The molecular weight excluding hydrogens is 310 g/mol. The fraction of sp³-hybridized carbons (Fsp3) is 0.429. The number of amides is 1. The minimum atomic E-state index is -0.839. The highest BCUT2D eigenvalue weighted by Crippen LogP contribution is 2.32. The molecule has 1 aliphatic heterocycles. The third-order valence-corrected chi connectivity index (χ3v) is 4.63. The molecule has 0 saturated carbocycles. The van der Waals surface area contributed by atoms with Crippen LogP contribution >= 0.6 is 15.9 Å². The average Bonchev–Trinajstić information content (AvgIpc) is 2.76. The molecule has 0 radical (unpaired) electrons. The van der Waals surface area contributed by atoms with E-state index in [0.717, 1.165) is 10.0 Å². The fourth-order valence-corrected chi connectivity index (χ4v) is 2.68. The monoisotopic (exact) mass is 325 g/mol. The summed E-state index contributed by atoms with van der Waals surface area (Å²) in [5.41, 5.74) is 0.690. The zero-order chi connectivity index (χ0) is 14.2. The number of hydrogen-bond donors (Lipinski definition) is 1. The maximum absolute atomic E-state index is 12.4. The maximum Gasteiger partial charge on any atom is 0.311 e. The topological polar surface area (TPSA) is 57.6 Å². The van der Waals surface area contributed by atoms with Crippen LogP contribution in [0.3, 0.4) is 0 Å². The normalized spacial score (nSPS) is 22.6. The van der Waals surface area contributed by atoms with Crippen LogP contribution < -0.4 is 0 Å². The highest BCUT2D eigenvalue weighted by molar-refractivity contribution is 9.10. The van der Waals surface area contributed by atoms with Gasteiger partial charge in [0.15, 0.2) is 0 Å². The quantitative estimate of drug-likeness (QED) is 0.909.